The molecule has 0 saturated carbocycles. The maximum absolute atomic E-state index is 12.0. The van der Waals surface area contributed by atoms with E-state index >= 15 is 0 Å². The van der Waals surface area contributed by atoms with Gasteiger partial charge in [-0.3, -0.25) is 5.41 Å². The maximum atomic E-state index is 12.0. The molecule has 0 aliphatic rings. The SMILES string of the molecule is CCOC(=N)COc1ccc(C(=O)OCc2ccccc2)cc1. The van der Waals surface area contributed by atoms with Crippen molar-refractivity contribution in [3.63, 3.8) is 0 Å². The number of hydrogen-bond acceptors (Lipinski definition) is 5. The quantitative estimate of drug-likeness (QED) is 0.483. The molecule has 0 amide bonds. The van der Waals surface area contributed by atoms with Gasteiger partial charge in [0.05, 0.1) is 12.2 Å². The Kier molecular flexibility index (Phi) is 6.17. The summed E-state index contributed by atoms with van der Waals surface area (Å²) in [6.07, 6.45) is 0. The van der Waals surface area contributed by atoms with Gasteiger partial charge in [-0.15, -0.1) is 0 Å². The predicted octanol–water partition coefficient (Wildman–Crippen LogP) is 3.44. The molecule has 5 heteroatoms. The van der Waals surface area contributed by atoms with Crippen LogP contribution in [0.5, 0.6) is 5.75 Å². The largest absolute Gasteiger partial charge is 0.484 e. The van der Waals surface area contributed by atoms with Crippen molar-refractivity contribution in [3.05, 3.63) is 65.7 Å². The normalized spacial score (nSPS) is 9.96. The lowest BCUT2D eigenvalue weighted by molar-refractivity contribution is 0.0472. The van der Waals surface area contributed by atoms with Gasteiger partial charge in [0, 0.05) is 0 Å². The lowest BCUT2D eigenvalue weighted by Gasteiger charge is -2.08. The summed E-state index contributed by atoms with van der Waals surface area (Å²) < 4.78 is 15.6. The molecule has 0 heterocycles. The van der Waals surface area contributed by atoms with Gasteiger partial charge in [-0.25, -0.2) is 4.79 Å². The number of ether oxygens (including phenoxy) is 3. The van der Waals surface area contributed by atoms with Crippen molar-refractivity contribution in [1.82, 2.24) is 0 Å². The first-order valence-corrected chi connectivity index (χ1v) is 7.33. The maximum Gasteiger partial charge on any atom is 0.338 e. The highest BCUT2D eigenvalue weighted by Gasteiger charge is 2.08. The molecular formula is C18H19NO4. The van der Waals surface area contributed by atoms with E-state index in [-0.39, 0.29) is 25.1 Å². The Hall–Kier alpha value is -2.82. The molecule has 0 radical (unpaired) electrons. The minimum Gasteiger partial charge on any atom is -0.484 e. The van der Waals surface area contributed by atoms with Crippen LogP contribution in [-0.2, 0) is 16.1 Å². The summed E-state index contributed by atoms with van der Waals surface area (Å²) in [5.74, 6) is 0.246. The summed E-state index contributed by atoms with van der Waals surface area (Å²) in [7, 11) is 0. The summed E-state index contributed by atoms with van der Waals surface area (Å²) >= 11 is 0. The zero-order valence-corrected chi connectivity index (χ0v) is 13.0. The number of rotatable bonds is 7. The van der Waals surface area contributed by atoms with E-state index in [1.807, 2.05) is 37.3 Å². The van der Waals surface area contributed by atoms with E-state index < -0.39 is 0 Å². The minimum absolute atomic E-state index is 0.0612. The van der Waals surface area contributed by atoms with Crippen molar-refractivity contribution in [2.24, 2.45) is 0 Å². The van der Waals surface area contributed by atoms with Crippen molar-refractivity contribution in [1.29, 1.82) is 5.41 Å². The fourth-order valence-corrected chi connectivity index (χ4v) is 1.86. The number of carbonyl (C=O) groups is 1. The summed E-state index contributed by atoms with van der Waals surface area (Å²) in [6, 6.07) is 16.1. The number of benzene rings is 2. The van der Waals surface area contributed by atoms with Crippen molar-refractivity contribution in [3.8, 4) is 5.75 Å². The summed E-state index contributed by atoms with van der Waals surface area (Å²) in [6.45, 7) is 2.55. The molecule has 0 bridgehead atoms. The van der Waals surface area contributed by atoms with Crippen LogP contribution in [0, 0.1) is 5.41 Å². The van der Waals surface area contributed by atoms with E-state index in [1.54, 1.807) is 24.3 Å². The van der Waals surface area contributed by atoms with E-state index in [2.05, 4.69) is 0 Å². The Morgan fingerprint density at radius 1 is 1.00 bits per heavy atom. The Morgan fingerprint density at radius 2 is 1.70 bits per heavy atom. The molecule has 0 saturated heterocycles. The molecule has 1 N–H and O–H groups in total. The predicted molar refractivity (Wildman–Crippen MR) is 86.9 cm³/mol. The fourth-order valence-electron chi connectivity index (χ4n) is 1.86. The second kappa shape index (κ2) is 8.58. The molecule has 5 nitrogen and oxygen atoms in total. The van der Waals surface area contributed by atoms with Gasteiger partial charge in [0.1, 0.15) is 12.4 Å². The van der Waals surface area contributed by atoms with Gasteiger partial charge in [0.25, 0.3) is 0 Å². The van der Waals surface area contributed by atoms with Crippen LogP contribution in [0.15, 0.2) is 54.6 Å². The van der Waals surface area contributed by atoms with Crippen molar-refractivity contribution < 1.29 is 19.0 Å². The molecule has 0 aromatic heterocycles. The molecule has 0 atom stereocenters. The Balaban J connectivity index is 1.83. The third-order valence-corrected chi connectivity index (χ3v) is 2.99. The van der Waals surface area contributed by atoms with E-state index in [1.165, 1.54) is 0 Å². The average molecular weight is 313 g/mol. The molecule has 0 aliphatic heterocycles. The van der Waals surface area contributed by atoms with Gasteiger partial charge in [-0.1, -0.05) is 30.3 Å². The first-order chi connectivity index (χ1) is 11.2. The van der Waals surface area contributed by atoms with Crippen molar-refractivity contribution in [2.45, 2.75) is 13.5 Å². The van der Waals surface area contributed by atoms with E-state index in [9.17, 15) is 4.79 Å². The molecule has 0 fully saturated rings. The molecule has 2 aromatic carbocycles. The van der Waals surface area contributed by atoms with Crippen molar-refractivity contribution in [2.75, 3.05) is 13.2 Å². The lowest BCUT2D eigenvalue weighted by Crippen LogP contribution is -2.13. The Morgan fingerprint density at radius 3 is 2.35 bits per heavy atom. The smallest absolute Gasteiger partial charge is 0.338 e. The Labute approximate surface area is 135 Å². The van der Waals surface area contributed by atoms with Crippen molar-refractivity contribution >= 4 is 11.9 Å². The molecule has 23 heavy (non-hydrogen) atoms. The van der Waals surface area contributed by atoms with Gasteiger partial charge in [0.15, 0.2) is 6.61 Å². The highest BCUT2D eigenvalue weighted by Crippen LogP contribution is 2.14. The monoisotopic (exact) mass is 313 g/mol. The molecule has 2 aromatic rings. The van der Waals surface area contributed by atoms with E-state index in [0.29, 0.717) is 17.9 Å². The van der Waals surface area contributed by atoms with Crippen LogP contribution in [0.3, 0.4) is 0 Å². The van der Waals surface area contributed by atoms with Gasteiger partial charge in [-0.05, 0) is 36.8 Å². The third kappa shape index (κ3) is 5.47. The second-order valence-electron chi connectivity index (χ2n) is 4.73. The van der Waals surface area contributed by atoms with E-state index in [4.69, 9.17) is 19.6 Å². The first-order valence-electron chi connectivity index (χ1n) is 7.33. The highest BCUT2D eigenvalue weighted by atomic mass is 16.5. The topological polar surface area (TPSA) is 68.6 Å². The fraction of sp³-hybridized carbons (Fsp3) is 0.222. The standard InChI is InChI=1S/C18H19NO4/c1-2-21-17(19)13-22-16-10-8-15(9-11-16)18(20)23-12-14-6-4-3-5-7-14/h3-11,19H,2,12-13H2,1H3. The van der Waals surface area contributed by atoms with E-state index in [0.717, 1.165) is 5.56 Å². The Bertz CT molecular complexity index is 638. The second-order valence-corrected chi connectivity index (χ2v) is 4.73. The van der Waals surface area contributed by atoms with Gasteiger partial charge in [-0.2, -0.15) is 0 Å². The summed E-state index contributed by atoms with van der Waals surface area (Å²) in [5, 5.41) is 7.46. The molecule has 0 unspecified atom stereocenters. The average Bonchev–Trinajstić information content (AvgIpc) is 2.59. The number of nitrogens with one attached hydrogen (secondary N) is 1. The zero-order valence-electron chi connectivity index (χ0n) is 13.0. The van der Waals surface area contributed by atoms with Crippen LogP contribution < -0.4 is 4.74 Å². The van der Waals surface area contributed by atoms with Crippen LogP contribution in [0.4, 0.5) is 0 Å². The zero-order chi connectivity index (χ0) is 16.5. The van der Waals surface area contributed by atoms with Gasteiger partial charge >= 0.3 is 5.97 Å². The van der Waals surface area contributed by atoms with Crippen LogP contribution in [-0.4, -0.2) is 25.1 Å². The third-order valence-electron chi connectivity index (χ3n) is 2.99. The first kappa shape index (κ1) is 16.5. The van der Waals surface area contributed by atoms with Gasteiger partial charge < -0.3 is 14.2 Å². The molecule has 2 rings (SSSR count). The molecule has 0 spiro atoms. The highest BCUT2D eigenvalue weighted by molar-refractivity contribution is 5.89. The number of carbonyl (C=O) groups excluding carboxylic acids is 1. The minimum atomic E-state index is -0.387. The lowest BCUT2D eigenvalue weighted by atomic mass is 10.2. The summed E-state index contributed by atoms with van der Waals surface area (Å²) in [4.78, 5) is 12.0. The molecule has 0 aliphatic carbocycles. The van der Waals surface area contributed by atoms with Crippen LogP contribution in [0.2, 0.25) is 0 Å². The van der Waals surface area contributed by atoms with Crippen LogP contribution in [0.25, 0.3) is 0 Å². The molecular weight excluding hydrogens is 294 g/mol. The molecule has 120 valence electrons. The summed E-state index contributed by atoms with van der Waals surface area (Å²) in [5.41, 5.74) is 1.39. The number of esters is 1. The van der Waals surface area contributed by atoms with Crippen LogP contribution >= 0.6 is 0 Å². The van der Waals surface area contributed by atoms with Crippen LogP contribution in [0.1, 0.15) is 22.8 Å². The van der Waals surface area contributed by atoms with Gasteiger partial charge in [0.2, 0.25) is 5.90 Å². The number of hydrogen-bond donors (Lipinski definition) is 1.